The van der Waals surface area contributed by atoms with Crippen LogP contribution in [-0.2, 0) is 16.4 Å². The van der Waals surface area contributed by atoms with Crippen LogP contribution < -0.4 is 4.72 Å². The van der Waals surface area contributed by atoms with Gasteiger partial charge in [-0.2, -0.15) is 0 Å². The Morgan fingerprint density at radius 1 is 1.04 bits per heavy atom. The molecule has 2 rings (SSSR count). The normalized spacial score (nSPS) is 11.5. The molecule has 24 heavy (non-hydrogen) atoms. The number of carbonyl (C=O) groups is 1. The van der Waals surface area contributed by atoms with Gasteiger partial charge in [0, 0.05) is 11.6 Å². The van der Waals surface area contributed by atoms with Gasteiger partial charge in [0.25, 0.3) is 0 Å². The second-order valence-corrected chi connectivity index (χ2v) is 7.83. The van der Waals surface area contributed by atoms with Gasteiger partial charge in [-0.05, 0) is 36.2 Å². The zero-order chi connectivity index (χ0) is 17.9. The highest BCUT2D eigenvalue weighted by Gasteiger charge is 2.22. The van der Waals surface area contributed by atoms with E-state index >= 15 is 0 Å². The minimum atomic E-state index is -3.97. The second kappa shape index (κ2) is 7.72. The van der Waals surface area contributed by atoms with Crippen molar-refractivity contribution in [2.24, 2.45) is 0 Å². The highest BCUT2D eigenvalue weighted by molar-refractivity contribution is 7.89. The van der Waals surface area contributed by atoms with Crippen molar-refractivity contribution in [3.63, 3.8) is 0 Å². The number of carboxylic acid groups (broad SMARTS) is 1. The molecule has 2 aromatic rings. The van der Waals surface area contributed by atoms with E-state index in [1.807, 2.05) is 0 Å². The summed E-state index contributed by atoms with van der Waals surface area (Å²) in [5.74, 6) is -1.34. The van der Waals surface area contributed by atoms with E-state index in [2.05, 4.69) is 4.72 Å². The lowest BCUT2D eigenvalue weighted by molar-refractivity contribution is 0.0697. The summed E-state index contributed by atoms with van der Waals surface area (Å²) in [6, 6.07) is 9.03. The van der Waals surface area contributed by atoms with Crippen LogP contribution in [0.5, 0.6) is 0 Å². The first-order valence-corrected chi connectivity index (χ1v) is 9.29. The lowest BCUT2D eigenvalue weighted by atomic mass is 10.2. The Kier molecular flexibility index (Phi) is 6.11. The molecule has 0 aliphatic rings. The Morgan fingerprint density at radius 2 is 1.67 bits per heavy atom. The summed E-state index contributed by atoms with van der Waals surface area (Å²) in [6.07, 6.45) is 0.438. The first kappa shape index (κ1) is 19.0. The van der Waals surface area contributed by atoms with E-state index in [0.717, 1.165) is 17.7 Å². The van der Waals surface area contributed by atoms with Crippen molar-refractivity contribution in [2.45, 2.75) is 11.3 Å². The molecule has 0 aliphatic carbocycles. The first-order chi connectivity index (χ1) is 11.2. The molecule has 0 saturated carbocycles. The van der Waals surface area contributed by atoms with Gasteiger partial charge in [0.1, 0.15) is 4.90 Å². The maximum absolute atomic E-state index is 12.3. The highest BCUT2D eigenvalue weighted by atomic mass is 35.5. The van der Waals surface area contributed by atoms with Gasteiger partial charge in [-0.1, -0.05) is 46.9 Å². The lowest BCUT2D eigenvalue weighted by Gasteiger charge is -2.10. The van der Waals surface area contributed by atoms with Crippen molar-refractivity contribution in [3.8, 4) is 0 Å². The summed E-state index contributed by atoms with van der Waals surface area (Å²) in [5.41, 5.74) is 0.565. The molecule has 0 amide bonds. The molecular formula is C15H12Cl3NO4S. The number of hydrogen-bond acceptors (Lipinski definition) is 3. The minimum Gasteiger partial charge on any atom is -0.478 e. The molecule has 0 saturated heterocycles. The minimum absolute atomic E-state index is 0.116. The fourth-order valence-electron chi connectivity index (χ4n) is 1.96. The van der Waals surface area contributed by atoms with Crippen molar-refractivity contribution < 1.29 is 18.3 Å². The van der Waals surface area contributed by atoms with Gasteiger partial charge in [-0.3, -0.25) is 0 Å². The average Bonchev–Trinajstić information content (AvgIpc) is 2.48. The molecule has 0 radical (unpaired) electrons. The first-order valence-electron chi connectivity index (χ1n) is 6.67. The van der Waals surface area contributed by atoms with Crippen LogP contribution in [-0.4, -0.2) is 26.0 Å². The number of carboxylic acids is 1. The SMILES string of the molecule is O=C(O)c1cc(S(=O)(=O)NCCc2ccc(Cl)cc2)c(Cl)cc1Cl. The molecule has 9 heteroatoms. The number of aromatic carboxylic acids is 1. The van der Waals surface area contributed by atoms with Gasteiger partial charge in [0.15, 0.2) is 0 Å². The van der Waals surface area contributed by atoms with Gasteiger partial charge in [0.05, 0.1) is 15.6 Å². The third-order valence-electron chi connectivity index (χ3n) is 3.16. The molecule has 0 spiro atoms. The van der Waals surface area contributed by atoms with E-state index in [0.29, 0.717) is 11.4 Å². The molecule has 0 aromatic heterocycles. The molecule has 0 bridgehead atoms. The van der Waals surface area contributed by atoms with Crippen LogP contribution >= 0.6 is 34.8 Å². The Bertz CT molecular complexity index is 867. The van der Waals surface area contributed by atoms with E-state index < -0.39 is 16.0 Å². The van der Waals surface area contributed by atoms with E-state index in [-0.39, 0.29) is 27.0 Å². The van der Waals surface area contributed by atoms with Crippen molar-refractivity contribution in [3.05, 3.63) is 62.6 Å². The molecule has 2 N–H and O–H groups in total. The second-order valence-electron chi connectivity index (χ2n) is 4.84. The quantitative estimate of drug-likeness (QED) is 0.760. The summed E-state index contributed by atoms with van der Waals surface area (Å²) in [6.45, 7) is 0.116. The Balaban J connectivity index is 2.16. The Hall–Kier alpha value is -1.31. The van der Waals surface area contributed by atoms with Gasteiger partial charge in [0.2, 0.25) is 10.0 Å². The molecule has 2 aromatic carbocycles. The van der Waals surface area contributed by atoms with Crippen LogP contribution in [0.2, 0.25) is 15.1 Å². The largest absolute Gasteiger partial charge is 0.478 e. The number of hydrogen-bond donors (Lipinski definition) is 2. The molecule has 0 heterocycles. The summed E-state index contributed by atoms with van der Waals surface area (Å²) in [4.78, 5) is 10.8. The summed E-state index contributed by atoms with van der Waals surface area (Å²) < 4.78 is 27.0. The van der Waals surface area contributed by atoms with Crippen LogP contribution in [0.4, 0.5) is 0 Å². The van der Waals surface area contributed by atoms with E-state index in [9.17, 15) is 13.2 Å². The monoisotopic (exact) mass is 407 g/mol. The molecule has 0 fully saturated rings. The van der Waals surface area contributed by atoms with Crippen molar-refractivity contribution in [1.29, 1.82) is 0 Å². The molecule has 5 nitrogen and oxygen atoms in total. The van der Waals surface area contributed by atoms with Crippen molar-refractivity contribution >= 4 is 50.8 Å². The summed E-state index contributed by atoms with van der Waals surface area (Å²) in [5, 5.41) is 9.35. The van der Waals surface area contributed by atoms with Crippen LogP contribution in [0.15, 0.2) is 41.3 Å². The van der Waals surface area contributed by atoms with Crippen molar-refractivity contribution in [2.75, 3.05) is 6.54 Å². The van der Waals surface area contributed by atoms with E-state index in [1.54, 1.807) is 24.3 Å². The number of halogens is 3. The molecule has 128 valence electrons. The topological polar surface area (TPSA) is 83.5 Å². The van der Waals surface area contributed by atoms with Crippen LogP contribution in [0, 0.1) is 0 Å². The maximum atomic E-state index is 12.3. The fraction of sp³-hybridized carbons (Fsp3) is 0.133. The lowest BCUT2D eigenvalue weighted by Crippen LogP contribution is -2.26. The van der Waals surface area contributed by atoms with Gasteiger partial charge in [-0.25, -0.2) is 17.9 Å². The van der Waals surface area contributed by atoms with Gasteiger partial charge in [-0.15, -0.1) is 0 Å². The van der Waals surface area contributed by atoms with E-state index in [4.69, 9.17) is 39.9 Å². The zero-order valence-corrected chi connectivity index (χ0v) is 15.2. The number of nitrogens with one attached hydrogen (secondary N) is 1. The molecular weight excluding hydrogens is 397 g/mol. The molecule has 0 unspecified atom stereocenters. The molecule has 0 aliphatic heterocycles. The standard InChI is InChI=1S/C15H12Cl3NO4S/c16-10-3-1-9(2-4-10)5-6-19-24(22,23)14-7-11(15(20)21)12(17)8-13(14)18/h1-4,7-8,19H,5-6H2,(H,20,21). The average molecular weight is 409 g/mol. The smallest absolute Gasteiger partial charge is 0.337 e. The predicted octanol–water partition coefficient (Wildman–Crippen LogP) is 3.87. The van der Waals surface area contributed by atoms with Crippen LogP contribution in [0.1, 0.15) is 15.9 Å². The number of rotatable bonds is 6. The zero-order valence-electron chi connectivity index (χ0n) is 12.1. The Labute approximate surface area is 154 Å². The predicted molar refractivity (Wildman–Crippen MR) is 93.8 cm³/mol. The van der Waals surface area contributed by atoms with E-state index in [1.165, 1.54) is 0 Å². The number of benzene rings is 2. The van der Waals surface area contributed by atoms with Gasteiger partial charge >= 0.3 is 5.97 Å². The molecule has 0 atom stereocenters. The highest BCUT2D eigenvalue weighted by Crippen LogP contribution is 2.28. The Morgan fingerprint density at radius 3 is 2.25 bits per heavy atom. The fourth-order valence-corrected chi connectivity index (χ4v) is 3.97. The van der Waals surface area contributed by atoms with Gasteiger partial charge < -0.3 is 5.11 Å². The summed E-state index contributed by atoms with van der Waals surface area (Å²) in [7, 11) is -3.97. The summed E-state index contributed by atoms with van der Waals surface area (Å²) >= 11 is 17.4. The third kappa shape index (κ3) is 4.62. The van der Waals surface area contributed by atoms with Crippen LogP contribution in [0.3, 0.4) is 0 Å². The van der Waals surface area contributed by atoms with Crippen molar-refractivity contribution in [1.82, 2.24) is 4.72 Å². The van der Waals surface area contributed by atoms with Crippen LogP contribution in [0.25, 0.3) is 0 Å². The number of sulfonamides is 1. The maximum Gasteiger partial charge on any atom is 0.337 e. The third-order valence-corrected chi connectivity index (χ3v) is 5.65.